The average Bonchev–Trinajstić information content (AvgIpc) is 3.10. The second kappa shape index (κ2) is 9.75. The van der Waals surface area contributed by atoms with Gasteiger partial charge in [-0.2, -0.15) is 10.1 Å². The number of nitrogens with zero attached hydrogens (tertiary/aromatic N) is 4. The molecule has 0 aliphatic rings. The van der Waals surface area contributed by atoms with E-state index in [2.05, 4.69) is 30.4 Å². The zero-order chi connectivity index (χ0) is 25.2. The molecular weight excluding hydrogens is 462 g/mol. The van der Waals surface area contributed by atoms with Gasteiger partial charge in [0.25, 0.3) is 10.0 Å². The first-order valence-electron chi connectivity index (χ1n) is 11.3. The van der Waals surface area contributed by atoms with Gasteiger partial charge in [0.05, 0.1) is 11.4 Å². The van der Waals surface area contributed by atoms with E-state index in [-0.39, 0.29) is 4.90 Å². The Kier molecular flexibility index (Phi) is 6.74. The lowest BCUT2D eigenvalue weighted by Crippen LogP contribution is -2.15. The van der Waals surface area contributed by atoms with Crippen molar-refractivity contribution in [3.8, 4) is 0 Å². The summed E-state index contributed by atoms with van der Waals surface area (Å²) in [5, 5.41) is 10.8. The minimum absolute atomic E-state index is 0.214. The molecule has 10 heteroatoms. The first-order valence-corrected chi connectivity index (χ1v) is 12.8. The summed E-state index contributed by atoms with van der Waals surface area (Å²) in [6.07, 6.45) is 0. The molecule has 2 aromatic heterocycles. The van der Waals surface area contributed by atoms with Gasteiger partial charge in [-0.15, -0.1) is 0 Å². The Bertz CT molecular complexity index is 1440. The highest BCUT2D eigenvalue weighted by atomic mass is 32.2. The molecule has 0 amide bonds. The lowest BCUT2D eigenvalue weighted by atomic mass is 10.2. The van der Waals surface area contributed by atoms with Crippen LogP contribution in [-0.4, -0.2) is 28.2 Å². The van der Waals surface area contributed by atoms with Gasteiger partial charge in [-0.25, -0.2) is 13.4 Å². The lowest BCUT2D eigenvalue weighted by molar-refractivity contribution is 0.598. The van der Waals surface area contributed by atoms with Crippen LogP contribution < -0.4 is 15.4 Å². The highest BCUT2D eigenvalue weighted by Gasteiger charge is 2.24. The molecule has 0 bridgehead atoms. The maximum Gasteiger partial charge on any atom is 0.265 e. The van der Waals surface area contributed by atoms with Crippen LogP contribution in [0.2, 0.25) is 0 Å². The smallest absolute Gasteiger partial charge is 0.265 e. The molecule has 0 saturated heterocycles. The summed E-state index contributed by atoms with van der Waals surface area (Å²) >= 11 is 0. The van der Waals surface area contributed by atoms with Gasteiger partial charge in [0.1, 0.15) is 10.7 Å². The van der Waals surface area contributed by atoms with Crippen LogP contribution in [-0.2, 0) is 16.6 Å². The summed E-state index contributed by atoms with van der Waals surface area (Å²) < 4.78 is 30.3. The standard InChI is InChI=1S/C25H29N7O2S/c1-6-32-19(5)24(18(4)30-32)35(33,34)31-22-13-11-20(12-14-22)27-23-15-17(3)26-25(29-23)28-21-9-7-16(2)8-10-21/h7-15,31H,6H2,1-5H3,(H2,26,27,28,29). The molecule has 0 atom stereocenters. The molecule has 182 valence electrons. The van der Waals surface area contributed by atoms with E-state index in [0.717, 1.165) is 17.1 Å². The Hall–Kier alpha value is -3.92. The van der Waals surface area contributed by atoms with Gasteiger partial charge in [0, 0.05) is 35.4 Å². The van der Waals surface area contributed by atoms with Gasteiger partial charge in [-0.05, 0) is 71.0 Å². The third-order valence-electron chi connectivity index (χ3n) is 5.45. The van der Waals surface area contributed by atoms with Crippen LogP contribution in [0.5, 0.6) is 0 Å². The summed E-state index contributed by atoms with van der Waals surface area (Å²) in [5.41, 5.74) is 5.20. The number of nitrogens with one attached hydrogen (secondary N) is 3. The fraction of sp³-hybridized carbons (Fsp3) is 0.240. The van der Waals surface area contributed by atoms with Crippen molar-refractivity contribution in [1.29, 1.82) is 0 Å². The monoisotopic (exact) mass is 491 g/mol. The van der Waals surface area contributed by atoms with Crippen LogP contribution in [0.1, 0.15) is 29.6 Å². The summed E-state index contributed by atoms with van der Waals surface area (Å²) in [7, 11) is -3.76. The summed E-state index contributed by atoms with van der Waals surface area (Å²) in [6, 6.07) is 16.8. The second-order valence-corrected chi connectivity index (χ2v) is 9.95. The van der Waals surface area contributed by atoms with Crippen LogP contribution in [0.25, 0.3) is 0 Å². The molecule has 4 rings (SSSR count). The first kappa shape index (κ1) is 24.2. The van der Waals surface area contributed by atoms with Gasteiger partial charge in [-0.1, -0.05) is 17.7 Å². The van der Waals surface area contributed by atoms with Crippen LogP contribution in [0.3, 0.4) is 0 Å². The van der Waals surface area contributed by atoms with Gasteiger partial charge in [-0.3, -0.25) is 9.40 Å². The van der Waals surface area contributed by atoms with E-state index in [4.69, 9.17) is 0 Å². The minimum Gasteiger partial charge on any atom is -0.340 e. The predicted octanol–water partition coefficient (Wildman–Crippen LogP) is 5.21. The third kappa shape index (κ3) is 5.60. The number of aromatic nitrogens is 4. The number of rotatable bonds is 8. The highest BCUT2D eigenvalue weighted by Crippen LogP contribution is 2.25. The average molecular weight is 492 g/mol. The molecule has 0 spiro atoms. The molecule has 0 saturated carbocycles. The number of anilines is 5. The van der Waals surface area contributed by atoms with E-state index in [9.17, 15) is 8.42 Å². The van der Waals surface area contributed by atoms with E-state index in [1.165, 1.54) is 5.56 Å². The van der Waals surface area contributed by atoms with E-state index in [0.29, 0.717) is 35.4 Å². The largest absolute Gasteiger partial charge is 0.340 e. The first-order chi connectivity index (χ1) is 16.6. The number of benzene rings is 2. The quantitative estimate of drug-likeness (QED) is 0.310. The molecular formula is C25H29N7O2S. The third-order valence-corrected chi connectivity index (χ3v) is 7.09. The molecule has 0 unspecified atom stereocenters. The van der Waals surface area contributed by atoms with Crippen molar-refractivity contribution in [3.63, 3.8) is 0 Å². The molecule has 0 fully saturated rings. The molecule has 0 radical (unpaired) electrons. The maximum absolute atomic E-state index is 13.0. The van der Waals surface area contributed by atoms with Gasteiger partial charge in [0.2, 0.25) is 5.95 Å². The Labute approximate surface area is 205 Å². The van der Waals surface area contributed by atoms with E-state index >= 15 is 0 Å². The Balaban J connectivity index is 1.48. The van der Waals surface area contributed by atoms with Crippen LogP contribution in [0, 0.1) is 27.7 Å². The van der Waals surface area contributed by atoms with Gasteiger partial charge in [0.15, 0.2) is 0 Å². The van der Waals surface area contributed by atoms with Crippen molar-refractivity contribution in [3.05, 3.63) is 77.2 Å². The van der Waals surface area contributed by atoms with Gasteiger partial charge >= 0.3 is 0 Å². The van der Waals surface area contributed by atoms with E-state index in [1.54, 1.807) is 42.8 Å². The SMILES string of the molecule is CCn1nc(C)c(S(=O)(=O)Nc2ccc(Nc3cc(C)nc(Nc4ccc(C)cc4)n3)cc2)c1C. The van der Waals surface area contributed by atoms with Crippen molar-refractivity contribution >= 4 is 38.9 Å². The predicted molar refractivity (Wildman–Crippen MR) is 139 cm³/mol. The molecule has 0 aliphatic heterocycles. The van der Waals surface area contributed by atoms with Crippen molar-refractivity contribution in [2.75, 3.05) is 15.4 Å². The Morgan fingerprint density at radius 2 is 1.43 bits per heavy atom. The Morgan fingerprint density at radius 3 is 2.06 bits per heavy atom. The van der Waals surface area contributed by atoms with Crippen molar-refractivity contribution in [2.24, 2.45) is 0 Å². The van der Waals surface area contributed by atoms with E-state index in [1.807, 2.05) is 51.1 Å². The second-order valence-electron chi connectivity index (χ2n) is 8.33. The molecule has 2 aromatic carbocycles. The fourth-order valence-corrected chi connectivity index (χ4v) is 5.28. The summed E-state index contributed by atoms with van der Waals surface area (Å²) in [6.45, 7) is 9.93. The fourth-order valence-electron chi connectivity index (χ4n) is 3.81. The molecule has 4 aromatic rings. The highest BCUT2D eigenvalue weighted by molar-refractivity contribution is 7.92. The summed E-state index contributed by atoms with van der Waals surface area (Å²) in [5.74, 6) is 1.11. The molecule has 3 N–H and O–H groups in total. The van der Waals surface area contributed by atoms with Crippen LogP contribution in [0.15, 0.2) is 59.5 Å². The van der Waals surface area contributed by atoms with Crippen LogP contribution >= 0.6 is 0 Å². The normalized spacial score (nSPS) is 11.3. The van der Waals surface area contributed by atoms with Crippen molar-refractivity contribution in [2.45, 2.75) is 46.1 Å². The maximum atomic E-state index is 13.0. The number of sulfonamides is 1. The Morgan fingerprint density at radius 1 is 0.829 bits per heavy atom. The lowest BCUT2D eigenvalue weighted by Gasteiger charge is -2.12. The van der Waals surface area contributed by atoms with Crippen LogP contribution in [0.4, 0.5) is 28.8 Å². The number of hydrogen-bond acceptors (Lipinski definition) is 7. The van der Waals surface area contributed by atoms with Crippen molar-refractivity contribution < 1.29 is 8.42 Å². The molecule has 9 nitrogen and oxygen atoms in total. The molecule has 2 heterocycles. The van der Waals surface area contributed by atoms with Gasteiger partial charge < -0.3 is 10.6 Å². The summed E-state index contributed by atoms with van der Waals surface area (Å²) in [4.78, 5) is 9.21. The minimum atomic E-state index is -3.76. The number of aryl methyl sites for hydroxylation is 4. The molecule has 0 aliphatic carbocycles. The zero-order valence-electron chi connectivity index (χ0n) is 20.4. The number of hydrogen-bond donors (Lipinski definition) is 3. The van der Waals surface area contributed by atoms with Crippen molar-refractivity contribution in [1.82, 2.24) is 19.7 Å². The zero-order valence-corrected chi connectivity index (χ0v) is 21.2. The topological polar surface area (TPSA) is 114 Å². The van der Waals surface area contributed by atoms with E-state index < -0.39 is 10.0 Å². The molecule has 35 heavy (non-hydrogen) atoms.